The molecule has 0 aliphatic heterocycles. The molecule has 0 aliphatic carbocycles. The van der Waals surface area contributed by atoms with Crippen LogP contribution in [-0.4, -0.2) is 24.7 Å². The van der Waals surface area contributed by atoms with Crippen LogP contribution < -0.4 is 4.74 Å². The summed E-state index contributed by atoms with van der Waals surface area (Å²) in [4.78, 5) is 16.0. The Morgan fingerprint density at radius 3 is 2.86 bits per heavy atom. The van der Waals surface area contributed by atoms with E-state index in [-0.39, 0.29) is 12.5 Å². The third-order valence-electron chi connectivity index (χ3n) is 3.49. The maximum Gasteiger partial charge on any atom is 0.293 e. The summed E-state index contributed by atoms with van der Waals surface area (Å²) in [6.07, 6.45) is 1.71. The second-order valence-corrected chi connectivity index (χ2v) is 5.74. The van der Waals surface area contributed by atoms with Gasteiger partial charge in [0, 0.05) is 4.88 Å². The molecule has 0 spiro atoms. The van der Waals surface area contributed by atoms with Crippen molar-refractivity contribution in [3.8, 4) is 5.75 Å². The van der Waals surface area contributed by atoms with Gasteiger partial charge in [0.25, 0.3) is 6.47 Å². The maximum atomic E-state index is 10.6. The normalized spacial score (nSPS) is 11.7. The largest absolute Gasteiger partial charge is 0.489 e. The summed E-state index contributed by atoms with van der Waals surface area (Å²) in [7, 11) is 0. The summed E-state index contributed by atoms with van der Waals surface area (Å²) >= 11 is 1.57. The van der Waals surface area contributed by atoms with Crippen molar-refractivity contribution in [2.75, 3.05) is 13.2 Å². The van der Waals surface area contributed by atoms with Crippen molar-refractivity contribution in [3.05, 3.63) is 58.1 Å². The Bertz CT molecular complexity index is 651. The van der Waals surface area contributed by atoms with Crippen LogP contribution in [0.15, 0.2) is 36.4 Å². The van der Waals surface area contributed by atoms with Crippen molar-refractivity contribution < 1.29 is 14.3 Å². The molecule has 5 heteroatoms. The molecule has 2 rings (SSSR count). The lowest BCUT2D eigenvalue weighted by Crippen LogP contribution is -2.11. The number of nitrogens with zero attached hydrogens (tertiary/aromatic N) is 1. The zero-order valence-corrected chi connectivity index (χ0v) is 13.6. The minimum atomic E-state index is -0.0371. The molecule has 1 heterocycles. The van der Waals surface area contributed by atoms with E-state index in [4.69, 9.17) is 9.47 Å². The molecule has 1 unspecified atom stereocenters. The second kappa shape index (κ2) is 7.75. The van der Waals surface area contributed by atoms with Crippen LogP contribution in [0.2, 0.25) is 0 Å². The number of hydrogen-bond acceptors (Lipinski definition) is 5. The molecule has 1 aromatic heterocycles. The van der Waals surface area contributed by atoms with Crippen LogP contribution in [0, 0.1) is 13.8 Å². The first kappa shape index (κ1) is 16.2. The minimum absolute atomic E-state index is 0.0371. The fraction of sp³-hybridized carbons (Fsp3) is 0.294. The minimum Gasteiger partial charge on any atom is -0.489 e. The lowest BCUT2D eigenvalue weighted by Gasteiger charge is -2.19. The molecule has 2 aromatic rings. The summed E-state index contributed by atoms with van der Waals surface area (Å²) < 4.78 is 10.7. The van der Waals surface area contributed by atoms with Gasteiger partial charge in [0.05, 0.1) is 17.1 Å². The Labute approximate surface area is 134 Å². The average molecular weight is 317 g/mol. The smallest absolute Gasteiger partial charge is 0.293 e. The molecule has 0 amide bonds. The van der Waals surface area contributed by atoms with Crippen LogP contribution in [-0.2, 0) is 9.53 Å². The second-order valence-electron chi connectivity index (χ2n) is 4.85. The molecule has 0 bridgehead atoms. The van der Waals surface area contributed by atoms with Crippen LogP contribution in [0.5, 0.6) is 5.75 Å². The van der Waals surface area contributed by atoms with Crippen molar-refractivity contribution >= 4 is 17.8 Å². The molecule has 1 aromatic carbocycles. The van der Waals surface area contributed by atoms with Crippen LogP contribution in [0.4, 0.5) is 0 Å². The van der Waals surface area contributed by atoms with Gasteiger partial charge in [0.2, 0.25) is 0 Å². The zero-order chi connectivity index (χ0) is 15.9. The van der Waals surface area contributed by atoms with E-state index in [1.165, 1.54) is 0 Å². The molecule has 0 N–H and O–H groups in total. The van der Waals surface area contributed by atoms with Gasteiger partial charge in [0.15, 0.2) is 0 Å². The summed E-state index contributed by atoms with van der Waals surface area (Å²) in [6, 6.07) is 5.92. The number of hydrogen-bond donors (Lipinski definition) is 0. The highest BCUT2D eigenvalue weighted by Gasteiger charge is 2.22. The number of carbonyl (C=O) groups excluding carboxylic acids is 1. The number of thiazole rings is 1. The quantitative estimate of drug-likeness (QED) is 0.551. The average Bonchev–Trinajstić information content (AvgIpc) is 2.94. The van der Waals surface area contributed by atoms with Crippen molar-refractivity contribution in [2.24, 2.45) is 0 Å². The SMILES string of the molecule is C=CCOc1cccc(C(COC=O)c2scnc2C)c1C. The van der Waals surface area contributed by atoms with Crippen LogP contribution >= 0.6 is 11.3 Å². The third-order valence-corrected chi connectivity index (χ3v) is 4.53. The summed E-state index contributed by atoms with van der Waals surface area (Å²) in [5.74, 6) is 0.778. The highest BCUT2D eigenvalue weighted by Crippen LogP contribution is 2.35. The van der Waals surface area contributed by atoms with E-state index in [1.807, 2.05) is 37.6 Å². The lowest BCUT2D eigenvalue weighted by molar-refractivity contribution is -0.128. The summed E-state index contributed by atoms with van der Waals surface area (Å²) in [6.45, 7) is 8.87. The van der Waals surface area contributed by atoms with E-state index in [1.54, 1.807) is 17.4 Å². The van der Waals surface area contributed by atoms with Crippen LogP contribution in [0.3, 0.4) is 0 Å². The first-order valence-corrected chi connectivity index (χ1v) is 7.85. The van der Waals surface area contributed by atoms with E-state index in [2.05, 4.69) is 11.6 Å². The topological polar surface area (TPSA) is 48.4 Å². The molecule has 0 saturated heterocycles. The molecule has 0 saturated carbocycles. The van der Waals surface area contributed by atoms with Gasteiger partial charge in [-0.15, -0.1) is 11.3 Å². The van der Waals surface area contributed by atoms with Crippen molar-refractivity contribution in [3.63, 3.8) is 0 Å². The molecule has 0 fully saturated rings. The predicted octanol–water partition coefficient (Wildman–Crippen LogP) is 3.63. The van der Waals surface area contributed by atoms with Gasteiger partial charge in [-0.05, 0) is 31.0 Å². The van der Waals surface area contributed by atoms with E-state index >= 15 is 0 Å². The highest BCUT2D eigenvalue weighted by molar-refractivity contribution is 7.09. The van der Waals surface area contributed by atoms with Crippen molar-refractivity contribution in [1.29, 1.82) is 0 Å². The standard InChI is InChI=1S/C17H19NO3S/c1-4-8-21-16-7-5-6-14(12(16)2)15(9-20-11-19)17-13(3)18-10-22-17/h4-7,10-11,15H,1,8-9H2,2-3H3. The van der Waals surface area contributed by atoms with Gasteiger partial charge < -0.3 is 9.47 Å². The van der Waals surface area contributed by atoms with Gasteiger partial charge in [-0.25, -0.2) is 4.98 Å². The molecular formula is C17H19NO3S. The van der Waals surface area contributed by atoms with Crippen LogP contribution in [0.1, 0.15) is 27.6 Å². The van der Waals surface area contributed by atoms with E-state index in [0.29, 0.717) is 13.1 Å². The van der Waals surface area contributed by atoms with Gasteiger partial charge in [0.1, 0.15) is 19.0 Å². The Balaban J connectivity index is 2.41. The molecule has 22 heavy (non-hydrogen) atoms. The fourth-order valence-electron chi connectivity index (χ4n) is 2.40. The summed E-state index contributed by atoms with van der Waals surface area (Å²) in [5.41, 5.74) is 4.89. The van der Waals surface area contributed by atoms with Gasteiger partial charge in [-0.3, -0.25) is 4.79 Å². The van der Waals surface area contributed by atoms with E-state index < -0.39 is 0 Å². The lowest BCUT2D eigenvalue weighted by atomic mass is 9.93. The maximum absolute atomic E-state index is 10.6. The Morgan fingerprint density at radius 1 is 1.41 bits per heavy atom. The molecule has 1 atom stereocenters. The number of carbonyl (C=O) groups is 1. The third kappa shape index (κ3) is 3.54. The number of benzene rings is 1. The predicted molar refractivity (Wildman–Crippen MR) is 87.6 cm³/mol. The van der Waals surface area contributed by atoms with Crippen molar-refractivity contribution in [2.45, 2.75) is 19.8 Å². The number of ether oxygens (including phenoxy) is 2. The van der Waals surface area contributed by atoms with Gasteiger partial charge >= 0.3 is 0 Å². The zero-order valence-electron chi connectivity index (χ0n) is 12.7. The molecule has 0 aliphatic rings. The Hall–Kier alpha value is -2.14. The number of aromatic nitrogens is 1. The molecule has 4 nitrogen and oxygen atoms in total. The summed E-state index contributed by atoms with van der Waals surface area (Å²) in [5, 5.41) is 0. The fourth-order valence-corrected chi connectivity index (χ4v) is 3.31. The van der Waals surface area contributed by atoms with Crippen LogP contribution in [0.25, 0.3) is 0 Å². The number of rotatable bonds is 8. The van der Waals surface area contributed by atoms with Gasteiger partial charge in [-0.1, -0.05) is 24.8 Å². The highest BCUT2D eigenvalue weighted by atomic mass is 32.1. The van der Waals surface area contributed by atoms with Crippen molar-refractivity contribution in [1.82, 2.24) is 4.98 Å². The molecular weight excluding hydrogens is 298 g/mol. The monoisotopic (exact) mass is 317 g/mol. The van der Waals surface area contributed by atoms with Gasteiger partial charge in [-0.2, -0.15) is 0 Å². The van der Waals surface area contributed by atoms with E-state index in [0.717, 1.165) is 27.4 Å². The molecule has 0 radical (unpaired) electrons. The van der Waals surface area contributed by atoms with E-state index in [9.17, 15) is 4.79 Å². The Kier molecular flexibility index (Phi) is 5.72. The first-order valence-electron chi connectivity index (χ1n) is 6.97. The first-order chi connectivity index (χ1) is 10.7. The molecule has 116 valence electrons. The number of aryl methyl sites for hydroxylation is 1. The Morgan fingerprint density at radius 2 is 2.23 bits per heavy atom.